The molecule has 3 rings (SSSR count). The lowest BCUT2D eigenvalue weighted by atomic mass is 10.1. The number of likely N-dealkylation sites (N-methyl/N-ethyl adjacent to an activating group) is 1. The van der Waals surface area contributed by atoms with Crippen LogP contribution in [0, 0.1) is 0 Å². The molecule has 1 fully saturated rings. The SMILES string of the molecule is CCN1C(=O)[C@@H](CC(=O)Nc2ccc(C(=O)OC)cc2)N(CCCc2ccccc2)C1=S. The molecule has 0 unspecified atom stereocenters. The number of methoxy groups -OCH3 is 1. The molecule has 1 aliphatic rings. The van der Waals surface area contributed by atoms with Crippen molar-refractivity contribution in [1.82, 2.24) is 9.80 Å². The predicted molar refractivity (Wildman–Crippen MR) is 126 cm³/mol. The zero-order chi connectivity index (χ0) is 23.1. The van der Waals surface area contributed by atoms with Crippen molar-refractivity contribution in [2.75, 3.05) is 25.5 Å². The van der Waals surface area contributed by atoms with Crippen LogP contribution in [0.1, 0.15) is 35.7 Å². The summed E-state index contributed by atoms with van der Waals surface area (Å²) in [4.78, 5) is 40.6. The van der Waals surface area contributed by atoms with E-state index in [-0.39, 0.29) is 18.2 Å². The van der Waals surface area contributed by atoms with Crippen molar-refractivity contribution in [1.29, 1.82) is 0 Å². The van der Waals surface area contributed by atoms with E-state index in [2.05, 4.69) is 22.2 Å². The number of hydrogen-bond acceptors (Lipinski definition) is 5. The summed E-state index contributed by atoms with van der Waals surface area (Å²) in [6, 6.07) is 15.9. The number of rotatable bonds is 9. The number of ether oxygens (including phenoxy) is 1. The fraction of sp³-hybridized carbons (Fsp3) is 0.333. The normalized spacial score (nSPS) is 15.8. The summed E-state index contributed by atoms with van der Waals surface area (Å²) in [5.74, 6) is -0.880. The minimum Gasteiger partial charge on any atom is -0.465 e. The second kappa shape index (κ2) is 10.9. The summed E-state index contributed by atoms with van der Waals surface area (Å²) in [6.07, 6.45) is 1.69. The van der Waals surface area contributed by atoms with Crippen molar-refractivity contribution >= 4 is 40.8 Å². The average molecular weight is 454 g/mol. The second-order valence-electron chi connectivity index (χ2n) is 7.48. The molecule has 0 bridgehead atoms. The fourth-order valence-electron chi connectivity index (χ4n) is 3.73. The van der Waals surface area contributed by atoms with Crippen molar-refractivity contribution in [2.45, 2.75) is 32.2 Å². The number of nitrogens with zero attached hydrogens (tertiary/aromatic N) is 2. The molecule has 0 aromatic heterocycles. The minimum atomic E-state index is -0.618. The molecule has 2 aromatic rings. The van der Waals surface area contributed by atoms with Gasteiger partial charge in [-0.1, -0.05) is 30.3 Å². The van der Waals surface area contributed by atoms with Crippen LogP contribution in [0.3, 0.4) is 0 Å². The third-order valence-electron chi connectivity index (χ3n) is 5.40. The summed E-state index contributed by atoms with van der Waals surface area (Å²) >= 11 is 5.53. The van der Waals surface area contributed by atoms with Crippen LogP contribution in [0.5, 0.6) is 0 Å². The number of esters is 1. The van der Waals surface area contributed by atoms with E-state index in [0.29, 0.717) is 29.5 Å². The van der Waals surface area contributed by atoms with Gasteiger partial charge in [-0.2, -0.15) is 0 Å². The fourth-order valence-corrected chi connectivity index (χ4v) is 4.17. The van der Waals surface area contributed by atoms with Gasteiger partial charge in [0, 0.05) is 18.8 Å². The highest BCUT2D eigenvalue weighted by Gasteiger charge is 2.42. The minimum absolute atomic E-state index is 0.000433. The highest BCUT2D eigenvalue weighted by Crippen LogP contribution is 2.22. The van der Waals surface area contributed by atoms with Crippen LogP contribution in [0.4, 0.5) is 5.69 Å². The summed E-state index contributed by atoms with van der Waals surface area (Å²) in [5.41, 5.74) is 2.16. The largest absolute Gasteiger partial charge is 0.465 e. The molecule has 1 aliphatic heterocycles. The van der Waals surface area contributed by atoms with Gasteiger partial charge in [-0.15, -0.1) is 0 Å². The van der Waals surface area contributed by atoms with Gasteiger partial charge in [-0.05, 0) is 61.8 Å². The van der Waals surface area contributed by atoms with Crippen LogP contribution in [0.2, 0.25) is 0 Å². The quantitative estimate of drug-likeness (QED) is 0.464. The molecule has 32 heavy (non-hydrogen) atoms. The Labute approximate surface area is 193 Å². The Hall–Kier alpha value is -3.26. The van der Waals surface area contributed by atoms with E-state index in [4.69, 9.17) is 12.2 Å². The molecule has 1 saturated heterocycles. The van der Waals surface area contributed by atoms with E-state index in [1.165, 1.54) is 12.7 Å². The highest BCUT2D eigenvalue weighted by atomic mass is 32.1. The molecule has 2 amide bonds. The molecule has 1 atom stereocenters. The van der Waals surface area contributed by atoms with Crippen LogP contribution in [0.25, 0.3) is 0 Å². The lowest BCUT2D eigenvalue weighted by Gasteiger charge is -2.23. The van der Waals surface area contributed by atoms with Gasteiger partial charge in [0.1, 0.15) is 6.04 Å². The van der Waals surface area contributed by atoms with E-state index in [1.54, 1.807) is 29.2 Å². The van der Waals surface area contributed by atoms with Gasteiger partial charge >= 0.3 is 5.97 Å². The predicted octanol–water partition coefficient (Wildman–Crippen LogP) is 3.25. The smallest absolute Gasteiger partial charge is 0.337 e. The van der Waals surface area contributed by atoms with Crippen LogP contribution in [0.15, 0.2) is 54.6 Å². The van der Waals surface area contributed by atoms with Gasteiger partial charge < -0.3 is 15.0 Å². The highest BCUT2D eigenvalue weighted by molar-refractivity contribution is 7.80. The van der Waals surface area contributed by atoms with Gasteiger partial charge in [0.05, 0.1) is 19.1 Å². The Morgan fingerprint density at radius 3 is 2.41 bits per heavy atom. The standard InChI is InChI=1S/C24H27N3O4S/c1-3-26-22(29)20(27(24(26)32)15-7-10-17-8-5-4-6-9-17)16-21(28)25-19-13-11-18(12-14-19)23(30)31-2/h4-6,8-9,11-14,20H,3,7,10,15-16H2,1-2H3,(H,25,28)/t20-/m1/s1. The Bertz CT molecular complexity index is 978. The van der Waals surface area contributed by atoms with Gasteiger partial charge in [0.25, 0.3) is 5.91 Å². The van der Waals surface area contributed by atoms with Gasteiger partial charge in [-0.3, -0.25) is 14.5 Å². The summed E-state index contributed by atoms with van der Waals surface area (Å²) < 4.78 is 4.67. The number of amides is 2. The monoisotopic (exact) mass is 453 g/mol. The van der Waals surface area contributed by atoms with Gasteiger partial charge in [0.2, 0.25) is 5.91 Å². The third kappa shape index (κ3) is 5.50. The Kier molecular flexibility index (Phi) is 7.94. The first-order valence-corrected chi connectivity index (χ1v) is 11.0. The molecular formula is C24H27N3O4S. The Morgan fingerprint density at radius 1 is 1.09 bits per heavy atom. The zero-order valence-corrected chi connectivity index (χ0v) is 19.1. The molecule has 7 nitrogen and oxygen atoms in total. The van der Waals surface area contributed by atoms with E-state index in [1.807, 2.05) is 30.0 Å². The Morgan fingerprint density at radius 2 is 1.78 bits per heavy atom. The van der Waals surface area contributed by atoms with Crippen LogP contribution in [-0.2, 0) is 20.7 Å². The van der Waals surface area contributed by atoms with Crippen molar-refractivity contribution in [2.24, 2.45) is 0 Å². The lowest BCUT2D eigenvalue weighted by molar-refractivity contribution is -0.130. The van der Waals surface area contributed by atoms with Gasteiger partial charge in [-0.25, -0.2) is 4.79 Å². The van der Waals surface area contributed by atoms with Crippen molar-refractivity contribution in [3.05, 3.63) is 65.7 Å². The molecule has 0 radical (unpaired) electrons. The lowest BCUT2D eigenvalue weighted by Crippen LogP contribution is -2.38. The first-order valence-electron chi connectivity index (χ1n) is 10.6. The zero-order valence-electron chi connectivity index (χ0n) is 18.2. The van der Waals surface area contributed by atoms with Crippen LogP contribution < -0.4 is 5.32 Å². The molecule has 1 N–H and O–H groups in total. The summed E-state index contributed by atoms with van der Waals surface area (Å²) in [5, 5.41) is 3.27. The molecule has 8 heteroatoms. The molecule has 2 aromatic carbocycles. The first-order chi connectivity index (χ1) is 15.4. The number of carbonyl (C=O) groups excluding carboxylic acids is 3. The topological polar surface area (TPSA) is 79.0 Å². The summed E-state index contributed by atoms with van der Waals surface area (Å²) in [6.45, 7) is 2.94. The second-order valence-corrected chi connectivity index (χ2v) is 7.85. The number of thiocarbonyl (C=S) groups is 1. The van der Waals surface area contributed by atoms with E-state index < -0.39 is 12.0 Å². The number of aryl methyl sites for hydroxylation is 1. The molecule has 0 spiro atoms. The third-order valence-corrected chi connectivity index (χ3v) is 5.85. The van der Waals surface area contributed by atoms with E-state index >= 15 is 0 Å². The first kappa shape index (κ1) is 23.4. The molecule has 0 aliphatic carbocycles. The van der Waals surface area contributed by atoms with Crippen molar-refractivity contribution < 1.29 is 19.1 Å². The number of hydrogen-bond donors (Lipinski definition) is 1. The molecule has 0 saturated carbocycles. The van der Waals surface area contributed by atoms with E-state index in [0.717, 1.165) is 12.8 Å². The molecular weight excluding hydrogens is 426 g/mol. The number of nitrogens with one attached hydrogen (secondary N) is 1. The van der Waals surface area contributed by atoms with Crippen LogP contribution in [-0.4, -0.2) is 58.9 Å². The number of benzene rings is 2. The number of carbonyl (C=O) groups is 3. The maximum absolute atomic E-state index is 12.9. The van der Waals surface area contributed by atoms with Crippen LogP contribution >= 0.6 is 12.2 Å². The average Bonchev–Trinajstić information content (AvgIpc) is 3.03. The van der Waals surface area contributed by atoms with Crippen molar-refractivity contribution in [3.63, 3.8) is 0 Å². The van der Waals surface area contributed by atoms with Crippen molar-refractivity contribution in [3.8, 4) is 0 Å². The Balaban J connectivity index is 1.63. The van der Waals surface area contributed by atoms with Gasteiger partial charge in [0.15, 0.2) is 5.11 Å². The molecule has 1 heterocycles. The van der Waals surface area contributed by atoms with E-state index in [9.17, 15) is 14.4 Å². The maximum atomic E-state index is 12.9. The number of anilines is 1. The summed E-state index contributed by atoms with van der Waals surface area (Å²) in [7, 11) is 1.31. The molecule has 168 valence electrons. The maximum Gasteiger partial charge on any atom is 0.337 e.